The van der Waals surface area contributed by atoms with Crippen molar-refractivity contribution in [3.63, 3.8) is 0 Å². The van der Waals surface area contributed by atoms with E-state index in [0.29, 0.717) is 5.82 Å². The summed E-state index contributed by atoms with van der Waals surface area (Å²) in [5.41, 5.74) is 0.0961. The molecule has 100 valence electrons. The van der Waals surface area contributed by atoms with E-state index in [2.05, 4.69) is 20.3 Å². The minimum absolute atomic E-state index is 0.00651. The summed E-state index contributed by atoms with van der Waals surface area (Å²) in [6.07, 6.45) is 1.16. The summed E-state index contributed by atoms with van der Waals surface area (Å²) in [6.45, 7) is 1.72. The molecule has 8 heteroatoms. The van der Waals surface area contributed by atoms with Crippen LogP contribution in [0.5, 0.6) is 0 Å². The van der Waals surface area contributed by atoms with Gasteiger partial charge in [0.25, 0.3) is 0 Å². The number of esters is 1. The molecule has 0 radical (unpaired) electrons. The summed E-state index contributed by atoms with van der Waals surface area (Å²) < 4.78 is 26.6. The molecule has 1 atom stereocenters. The molecule has 1 rings (SSSR count). The standard InChI is InChI=1S/C10H15N3O4S/c1-7(6-18(3,15)16)11-9-5-4-8(12-13-9)10(14)17-2/h4-5,7H,6H2,1-3H3,(H,11,13). The maximum atomic E-state index is 11.1. The summed E-state index contributed by atoms with van der Waals surface area (Å²) in [7, 11) is -1.80. The van der Waals surface area contributed by atoms with Crippen molar-refractivity contribution in [2.75, 3.05) is 24.4 Å². The molecule has 1 aromatic heterocycles. The highest BCUT2D eigenvalue weighted by molar-refractivity contribution is 7.90. The van der Waals surface area contributed by atoms with Crippen molar-refractivity contribution in [2.45, 2.75) is 13.0 Å². The lowest BCUT2D eigenvalue weighted by molar-refractivity contribution is 0.0593. The Morgan fingerprint density at radius 3 is 2.56 bits per heavy atom. The van der Waals surface area contributed by atoms with Crippen LogP contribution in [0.4, 0.5) is 5.82 Å². The summed E-state index contributed by atoms with van der Waals surface area (Å²) in [5.74, 6) is -0.176. The second kappa shape index (κ2) is 5.76. The Kier molecular flexibility index (Phi) is 4.60. The Hall–Kier alpha value is -1.70. The van der Waals surface area contributed by atoms with Gasteiger partial charge >= 0.3 is 5.97 Å². The summed E-state index contributed by atoms with van der Waals surface area (Å²) in [5, 5.41) is 10.3. The first-order chi connectivity index (χ1) is 8.31. The maximum Gasteiger partial charge on any atom is 0.358 e. The topological polar surface area (TPSA) is 98.2 Å². The van der Waals surface area contributed by atoms with E-state index in [9.17, 15) is 13.2 Å². The zero-order valence-electron chi connectivity index (χ0n) is 10.4. The SMILES string of the molecule is COC(=O)c1ccc(NC(C)CS(C)(=O)=O)nn1. The van der Waals surface area contributed by atoms with Crippen LogP contribution in [0.2, 0.25) is 0 Å². The highest BCUT2D eigenvalue weighted by Gasteiger charge is 2.12. The Morgan fingerprint density at radius 2 is 2.11 bits per heavy atom. The number of hydrogen-bond acceptors (Lipinski definition) is 7. The van der Waals surface area contributed by atoms with Gasteiger partial charge in [-0.15, -0.1) is 10.2 Å². The van der Waals surface area contributed by atoms with Crippen molar-refractivity contribution in [3.05, 3.63) is 17.8 Å². The number of ether oxygens (including phenoxy) is 1. The first-order valence-corrected chi connectivity index (χ1v) is 7.24. The van der Waals surface area contributed by atoms with Gasteiger partial charge in [0, 0.05) is 12.3 Å². The summed E-state index contributed by atoms with van der Waals surface area (Å²) in [6, 6.07) is 2.70. The lowest BCUT2D eigenvalue weighted by Crippen LogP contribution is -2.25. The minimum atomic E-state index is -3.05. The third-order valence-corrected chi connectivity index (χ3v) is 3.11. The second-order valence-electron chi connectivity index (χ2n) is 3.93. The number of nitrogens with zero attached hydrogens (tertiary/aromatic N) is 2. The zero-order valence-corrected chi connectivity index (χ0v) is 11.2. The molecule has 0 aliphatic rings. The number of carbonyl (C=O) groups is 1. The lowest BCUT2D eigenvalue weighted by Gasteiger charge is -2.12. The quantitative estimate of drug-likeness (QED) is 0.760. The monoisotopic (exact) mass is 273 g/mol. The molecule has 1 N–H and O–H groups in total. The summed E-state index contributed by atoms with van der Waals surface area (Å²) in [4.78, 5) is 11.1. The van der Waals surface area contributed by atoms with Gasteiger partial charge in [-0.3, -0.25) is 0 Å². The molecule has 0 amide bonds. The van der Waals surface area contributed by atoms with Crippen LogP contribution in [0, 0.1) is 0 Å². The van der Waals surface area contributed by atoms with Gasteiger partial charge in [0.05, 0.1) is 12.9 Å². The largest absolute Gasteiger partial charge is 0.464 e. The molecule has 1 aromatic rings. The first-order valence-electron chi connectivity index (χ1n) is 5.18. The van der Waals surface area contributed by atoms with Crippen molar-refractivity contribution in [3.8, 4) is 0 Å². The van der Waals surface area contributed by atoms with Gasteiger partial charge in [-0.2, -0.15) is 0 Å². The predicted octanol–water partition coefficient (Wildman–Crippen LogP) is 0.108. The van der Waals surface area contributed by atoms with E-state index in [4.69, 9.17) is 0 Å². The molecule has 0 saturated heterocycles. The van der Waals surface area contributed by atoms with Gasteiger partial charge in [-0.1, -0.05) is 0 Å². The molecule has 0 saturated carbocycles. The Balaban J connectivity index is 2.66. The number of hydrogen-bond donors (Lipinski definition) is 1. The van der Waals surface area contributed by atoms with E-state index in [1.165, 1.54) is 19.2 Å². The van der Waals surface area contributed by atoms with Gasteiger partial charge in [0.1, 0.15) is 15.7 Å². The van der Waals surface area contributed by atoms with Crippen molar-refractivity contribution < 1.29 is 17.9 Å². The highest BCUT2D eigenvalue weighted by atomic mass is 32.2. The Morgan fingerprint density at radius 1 is 1.44 bits per heavy atom. The number of carbonyl (C=O) groups excluding carboxylic acids is 1. The van der Waals surface area contributed by atoms with Crippen LogP contribution in [0.1, 0.15) is 17.4 Å². The molecule has 18 heavy (non-hydrogen) atoms. The number of rotatable bonds is 5. The van der Waals surface area contributed by atoms with Gasteiger partial charge in [-0.05, 0) is 19.1 Å². The number of nitrogens with one attached hydrogen (secondary N) is 1. The van der Waals surface area contributed by atoms with Crippen LogP contribution in [0.25, 0.3) is 0 Å². The number of aromatic nitrogens is 2. The molecule has 1 unspecified atom stereocenters. The number of methoxy groups -OCH3 is 1. The fourth-order valence-corrected chi connectivity index (χ4v) is 2.36. The molecular formula is C10H15N3O4S. The summed E-state index contributed by atoms with van der Waals surface area (Å²) >= 11 is 0. The highest BCUT2D eigenvalue weighted by Crippen LogP contribution is 2.05. The molecular weight excluding hydrogens is 258 g/mol. The van der Waals surface area contributed by atoms with E-state index in [1.54, 1.807) is 6.92 Å². The van der Waals surface area contributed by atoms with Crippen molar-refractivity contribution in [1.82, 2.24) is 10.2 Å². The van der Waals surface area contributed by atoms with E-state index in [-0.39, 0.29) is 17.5 Å². The van der Waals surface area contributed by atoms with Gasteiger partial charge < -0.3 is 10.1 Å². The number of sulfone groups is 1. The van der Waals surface area contributed by atoms with E-state index in [1.807, 2.05) is 0 Å². The molecule has 0 aliphatic carbocycles. The molecule has 0 aromatic carbocycles. The second-order valence-corrected chi connectivity index (χ2v) is 6.12. The third-order valence-electron chi connectivity index (χ3n) is 2.01. The molecule has 0 aliphatic heterocycles. The zero-order chi connectivity index (χ0) is 13.8. The third kappa shape index (κ3) is 4.66. The molecule has 7 nitrogen and oxygen atoms in total. The minimum Gasteiger partial charge on any atom is -0.464 e. The fraction of sp³-hybridized carbons (Fsp3) is 0.500. The number of anilines is 1. The molecule has 0 spiro atoms. The molecule has 0 fully saturated rings. The van der Waals surface area contributed by atoms with Crippen LogP contribution < -0.4 is 5.32 Å². The van der Waals surface area contributed by atoms with E-state index >= 15 is 0 Å². The van der Waals surface area contributed by atoms with Crippen LogP contribution in [-0.2, 0) is 14.6 Å². The first kappa shape index (κ1) is 14.4. The Labute approximate surface area is 105 Å². The lowest BCUT2D eigenvalue weighted by atomic mass is 10.3. The van der Waals surface area contributed by atoms with E-state index < -0.39 is 15.8 Å². The fourth-order valence-electron chi connectivity index (χ4n) is 1.37. The average molecular weight is 273 g/mol. The Bertz CT molecular complexity index is 512. The van der Waals surface area contributed by atoms with Gasteiger partial charge in [0.15, 0.2) is 5.69 Å². The van der Waals surface area contributed by atoms with Crippen LogP contribution in [-0.4, -0.2) is 49.7 Å². The maximum absolute atomic E-state index is 11.1. The smallest absolute Gasteiger partial charge is 0.358 e. The average Bonchev–Trinajstić information content (AvgIpc) is 2.26. The van der Waals surface area contributed by atoms with Crippen molar-refractivity contribution in [2.24, 2.45) is 0 Å². The van der Waals surface area contributed by atoms with Crippen LogP contribution in [0.3, 0.4) is 0 Å². The van der Waals surface area contributed by atoms with Crippen LogP contribution in [0.15, 0.2) is 12.1 Å². The molecule has 0 bridgehead atoms. The van der Waals surface area contributed by atoms with Crippen molar-refractivity contribution >= 4 is 21.6 Å². The molecule has 1 heterocycles. The van der Waals surface area contributed by atoms with Crippen LogP contribution >= 0.6 is 0 Å². The van der Waals surface area contributed by atoms with Crippen molar-refractivity contribution in [1.29, 1.82) is 0 Å². The van der Waals surface area contributed by atoms with Gasteiger partial charge in [0.2, 0.25) is 0 Å². The van der Waals surface area contributed by atoms with Gasteiger partial charge in [-0.25, -0.2) is 13.2 Å². The normalized spacial score (nSPS) is 12.8. The van der Waals surface area contributed by atoms with E-state index in [0.717, 1.165) is 6.26 Å². The predicted molar refractivity (Wildman–Crippen MR) is 66.2 cm³/mol.